The molecule has 7 nitrogen and oxygen atoms in total. The number of ketones is 2. The molecule has 0 unspecified atom stereocenters. The Morgan fingerprint density at radius 2 is 1.37 bits per heavy atom. The molecule has 3 rings (SSSR count). The number of phenols is 2. The van der Waals surface area contributed by atoms with Crippen LogP contribution >= 0.6 is 12.4 Å². The van der Waals surface area contributed by atoms with Gasteiger partial charge >= 0.3 is 0 Å². The average Bonchev–Trinajstić information content (AvgIpc) is 2.64. The van der Waals surface area contributed by atoms with Gasteiger partial charge in [0, 0.05) is 41.9 Å². The van der Waals surface area contributed by atoms with E-state index in [9.17, 15) is 19.8 Å². The predicted octanol–water partition coefficient (Wildman–Crippen LogP) is 1.08. The van der Waals surface area contributed by atoms with Crippen LogP contribution in [0.4, 0.5) is 0 Å². The summed E-state index contributed by atoms with van der Waals surface area (Å²) in [5.74, 6) is -2.02. The number of benzene rings is 2. The van der Waals surface area contributed by atoms with Crippen molar-refractivity contribution in [3.8, 4) is 11.5 Å². The molecular formula is C19H20ClNO6. The van der Waals surface area contributed by atoms with E-state index in [1.54, 1.807) is 23.1 Å². The molecule has 0 aromatic heterocycles. The molecule has 0 saturated heterocycles. The van der Waals surface area contributed by atoms with E-state index in [0.29, 0.717) is 0 Å². The number of fused-ring (bicyclic) bond motifs is 2. The fraction of sp³-hybridized carbons (Fsp3) is 0.263. The molecule has 0 fully saturated rings. The summed E-state index contributed by atoms with van der Waals surface area (Å²) in [4.78, 5) is 27.1. The zero-order valence-corrected chi connectivity index (χ0v) is 15.2. The Bertz CT molecular complexity index is 877. The maximum absolute atomic E-state index is 12.8. The summed E-state index contributed by atoms with van der Waals surface area (Å²) >= 11 is 0. The third kappa shape index (κ3) is 3.68. The number of phenolic OH excluding ortho intramolecular Hbond substituents is 2. The van der Waals surface area contributed by atoms with E-state index in [-0.39, 0.29) is 73.1 Å². The molecule has 0 heterocycles. The molecule has 2 aromatic carbocycles. The highest BCUT2D eigenvalue weighted by Crippen LogP contribution is 2.40. The third-order valence-electron chi connectivity index (χ3n) is 4.47. The van der Waals surface area contributed by atoms with Crippen LogP contribution in [0.1, 0.15) is 37.4 Å². The van der Waals surface area contributed by atoms with Gasteiger partial charge in [0.25, 0.3) is 0 Å². The molecule has 0 atom stereocenters. The summed E-state index contributed by atoms with van der Waals surface area (Å²) in [5.41, 5.74) is 0.514. The second-order valence-corrected chi connectivity index (χ2v) is 6.08. The SMILES string of the molecule is Cl.O=C1c2ccccc2C(=O)c2c1cc(CN(CCO)CCO)c(O)c2O. The van der Waals surface area contributed by atoms with Gasteiger partial charge in [-0.2, -0.15) is 0 Å². The van der Waals surface area contributed by atoms with Crippen LogP contribution in [0.5, 0.6) is 11.5 Å². The van der Waals surface area contributed by atoms with Crippen LogP contribution in [-0.2, 0) is 6.54 Å². The summed E-state index contributed by atoms with van der Waals surface area (Å²) in [6.45, 7) is 0.281. The second-order valence-electron chi connectivity index (χ2n) is 6.08. The van der Waals surface area contributed by atoms with Gasteiger partial charge in [0.15, 0.2) is 23.1 Å². The van der Waals surface area contributed by atoms with E-state index in [0.717, 1.165) is 0 Å². The Morgan fingerprint density at radius 3 is 1.93 bits per heavy atom. The topological polar surface area (TPSA) is 118 Å². The normalized spacial score (nSPS) is 12.6. The van der Waals surface area contributed by atoms with Gasteiger partial charge in [-0.3, -0.25) is 14.5 Å². The third-order valence-corrected chi connectivity index (χ3v) is 4.47. The zero-order chi connectivity index (χ0) is 18.8. The lowest BCUT2D eigenvalue weighted by Gasteiger charge is -2.24. The number of halogens is 1. The van der Waals surface area contributed by atoms with Crippen molar-refractivity contribution in [3.63, 3.8) is 0 Å². The van der Waals surface area contributed by atoms with Gasteiger partial charge < -0.3 is 20.4 Å². The molecule has 4 N–H and O–H groups in total. The lowest BCUT2D eigenvalue weighted by molar-refractivity contribution is 0.0975. The highest BCUT2D eigenvalue weighted by Gasteiger charge is 2.34. The first-order valence-electron chi connectivity index (χ1n) is 8.19. The highest BCUT2D eigenvalue weighted by atomic mass is 35.5. The lowest BCUT2D eigenvalue weighted by Crippen LogP contribution is -2.30. The van der Waals surface area contributed by atoms with Gasteiger partial charge in [-0.05, 0) is 6.07 Å². The molecule has 0 spiro atoms. The Labute approximate surface area is 161 Å². The van der Waals surface area contributed by atoms with Crippen LogP contribution in [0, 0.1) is 0 Å². The quantitative estimate of drug-likeness (QED) is 0.463. The van der Waals surface area contributed by atoms with Crippen molar-refractivity contribution in [2.45, 2.75) is 6.54 Å². The fourth-order valence-electron chi connectivity index (χ4n) is 3.19. The van der Waals surface area contributed by atoms with Crippen molar-refractivity contribution in [1.82, 2.24) is 4.90 Å². The van der Waals surface area contributed by atoms with Gasteiger partial charge in [0.2, 0.25) is 0 Å². The molecular weight excluding hydrogens is 374 g/mol. The molecule has 1 aliphatic carbocycles. The van der Waals surface area contributed by atoms with E-state index in [1.165, 1.54) is 12.1 Å². The monoisotopic (exact) mass is 393 g/mol. The van der Waals surface area contributed by atoms with Crippen molar-refractivity contribution >= 4 is 24.0 Å². The predicted molar refractivity (Wildman–Crippen MR) is 99.8 cm³/mol. The Hall–Kier alpha value is -2.45. The van der Waals surface area contributed by atoms with Crippen LogP contribution < -0.4 is 0 Å². The molecule has 144 valence electrons. The van der Waals surface area contributed by atoms with Gasteiger partial charge in [-0.25, -0.2) is 0 Å². The van der Waals surface area contributed by atoms with Crippen LogP contribution in [0.15, 0.2) is 30.3 Å². The smallest absolute Gasteiger partial charge is 0.198 e. The average molecular weight is 394 g/mol. The molecule has 0 saturated carbocycles. The van der Waals surface area contributed by atoms with Crippen molar-refractivity contribution in [1.29, 1.82) is 0 Å². The number of rotatable bonds is 6. The fourth-order valence-corrected chi connectivity index (χ4v) is 3.19. The minimum absolute atomic E-state index is 0. The molecule has 0 radical (unpaired) electrons. The molecule has 1 aliphatic rings. The first kappa shape index (κ1) is 20.9. The Kier molecular flexibility index (Phi) is 6.56. The van der Waals surface area contributed by atoms with Crippen LogP contribution in [-0.4, -0.2) is 63.2 Å². The minimum Gasteiger partial charge on any atom is -0.504 e. The largest absolute Gasteiger partial charge is 0.504 e. The van der Waals surface area contributed by atoms with Gasteiger partial charge in [-0.1, -0.05) is 24.3 Å². The summed E-state index contributed by atoms with van der Waals surface area (Å²) in [6.07, 6.45) is 0. The van der Waals surface area contributed by atoms with E-state index in [1.807, 2.05) is 0 Å². The van der Waals surface area contributed by atoms with E-state index in [2.05, 4.69) is 0 Å². The summed E-state index contributed by atoms with van der Waals surface area (Å²) in [5, 5.41) is 38.9. The van der Waals surface area contributed by atoms with Gasteiger partial charge in [0.05, 0.1) is 18.8 Å². The Balaban J connectivity index is 0.00000261. The number of aliphatic hydroxyl groups is 2. The van der Waals surface area contributed by atoms with Crippen molar-refractivity contribution in [2.75, 3.05) is 26.3 Å². The summed E-state index contributed by atoms with van der Waals surface area (Å²) < 4.78 is 0. The summed E-state index contributed by atoms with van der Waals surface area (Å²) in [6, 6.07) is 7.73. The first-order valence-corrected chi connectivity index (χ1v) is 8.19. The molecule has 8 heteroatoms. The second kappa shape index (κ2) is 8.49. The molecule has 0 bridgehead atoms. The molecule has 0 aliphatic heterocycles. The van der Waals surface area contributed by atoms with Gasteiger partial charge in [0.1, 0.15) is 0 Å². The van der Waals surface area contributed by atoms with Crippen LogP contribution in [0.25, 0.3) is 0 Å². The maximum Gasteiger partial charge on any atom is 0.198 e. The van der Waals surface area contributed by atoms with Crippen LogP contribution in [0.2, 0.25) is 0 Å². The molecule has 0 amide bonds. The minimum atomic E-state index is -0.627. The van der Waals surface area contributed by atoms with Crippen molar-refractivity contribution < 1.29 is 30.0 Å². The number of carbonyl (C=O) groups is 2. The molecule has 2 aromatic rings. The Morgan fingerprint density at radius 1 is 0.815 bits per heavy atom. The zero-order valence-electron chi connectivity index (χ0n) is 14.4. The van der Waals surface area contributed by atoms with Gasteiger partial charge in [-0.15, -0.1) is 12.4 Å². The number of carbonyl (C=O) groups excluding carboxylic acids is 2. The van der Waals surface area contributed by atoms with E-state index in [4.69, 9.17) is 10.2 Å². The number of aliphatic hydroxyl groups excluding tert-OH is 2. The maximum atomic E-state index is 12.8. The summed E-state index contributed by atoms with van der Waals surface area (Å²) in [7, 11) is 0. The molecule has 27 heavy (non-hydrogen) atoms. The van der Waals surface area contributed by atoms with Crippen molar-refractivity contribution in [3.05, 3.63) is 58.1 Å². The number of nitrogens with zero attached hydrogens (tertiary/aromatic N) is 1. The van der Waals surface area contributed by atoms with E-state index < -0.39 is 23.1 Å². The van der Waals surface area contributed by atoms with Crippen molar-refractivity contribution in [2.24, 2.45) is 0 Å². The lowest BCUT2D eigenvalue weighted by atomic mass is 9.82. The number of hydrogen-bond donors (Lipinski definition) is 4. The first-order chi connectivity index (χ1) is 12.5. The standard InChI is InChI=1S/C19H19NO6.ClH/c21-7-5-20(6-8-22)10-11-9-14-15(19(26)16(11)23)18(25)13-4-2-1-3-12(13)17(14)24;/h1-4,9,21-23,26H,5-8,10H2;1H. The number of aromatic hydroxyl groups is 2. The van der Waals surface area contributed by atoms with E-state index >= 15 is 0 Å². The van der Waals surface area contributed by atoms with Crippen LogP contribution in [0.3, 0.4) is 0 Å². The number of hydrogen-bond acceptors (Lipinski definition) is 7. The highest BCUT2D eigenvalue weighted by molar-refractivity contribution is 6.29.